The highest BCUT2D eigenvalue weighted by atomic mass is 19.2. The van der Waals surface area contributed by atoms with E-state index in [1.165, 1.54) is 0 Å². The molecule has 0 aromatic heterocycles. The summed E-state index contributed by atoms with van der Waals surface area (Å²) in [6.45, 7) is 2.96. The highest BCUT2D eigenvalue weighted by molar-refractivity contribution is 6.61. The number of hydrogen-bond acceptors (Lipinski definition) is 2. The number of rotatable bonds is 2. The molecule has 1 aliphatic rings. The molecule has 0 N–H and O–H groups in total. The Morgan fingerprint density at radius 2 is 1.71 bits per heavy atom. The van der Waals surface area contributed by atoms with Crippen molar-refractivity contribution in [3.05, 3.63) is 29.6 Å². The maximum absolute atomic E-state index is 13.0. The van der Waals surface area contributed by atoms with Gasteiger partial charge in [-0.2, -0.15) is 0 Å². The molecule has 1 aromatic carbocycles. The van der Waals surface area contributed by atoms with Crippen molar-refractivity contribution in [2.45, 2.75) is 13.3 Å². The molecule has 0 amide bonds. The van der Waals surface area contributed by atoms with Crippen molar-refractivity contribution in [3.63, 3.8) is 0 Å². The second-order valence-electron chi connectivity index (χ2n) is 4.07. The van der Waals surface area contributed by atoms with Crippen molar-refractivity contribution in [1.29, 1.82) is 0 Å². The van der Waals surface area contributed by atoms with Crippen molar-refractivity contribution in [3.8, 4) is 0 Å². The molecule has 2 nitrogen and oxygen atoms in total. The lowest BCUT2D eigenvalue weighted by Gasteiger charge is -2.26. The lowest BCUT2D eigenvalue weighted by Crippen LogP contribution is -2.44. The molecule has 0 atom stereocenters. The maximum Gasteiger partial charge on any atom is 0.494 e. The van der Waals surface area contributed by atoms with E-state index >= 15 is 0 Å². The lowest BCUT2D eigenvalue weighted by molar-refractivity contribution is 0.0849. The van der Waals surface area contributed by atoms with Crippen LogP contribution in [0, 0.1) is 23.4 Å². The molecule has 6 heteroatoms. The molecule has 0 saturated carbocycles. The molecule has 0 unspecified atom stereocenters. The number of halogens is 3. The van der Waals surface area contributed by atoms with Crippen molar-refractivity contribution >= 4 is 12.6 Å². The summed E-state index contributed by atoms with van der Waals surface area (Å²) >= 11 is 0. The van der Waals surface area contributed by atoms with Crippen LogP contribution in [0.2, 0.25) is 0 Å². The summed E-state index contributed by atoms with van der Waals surface area (Å²) in [5, 5.41) is 0. The molecule has 1 aliphatic heterocycles. The Kier molecular flexibility index (Phi) is 3.74. The van der Waals surface area contributed by atoms with Gasteiger partial charge in [-0.05, 0) is 24.0 Å². The summed E-state index contributed by atoms with van der Waals surface area (Å²) in [6.07, 6.45) is 0.916. The fourth-order valence-corrected chi connectivity index (χ4v) is 1.68. The summed E-state index contributed by atoms with van der Waals surface area (Å²) < 4.78 is 49.5. The first-order valence-corrected chi connectivity index (χ1v) is 5.49. The van der Waals surface area contributed by atoms with Crippen molar-refractivity contribution in [2.75, 3.05) is 13.2 Å². The lowest BCUT2D eigenvalue weighted by atomic mass is 9.77. The second-order valence-corrected chi connectivity index (χ2v) is 4.07. The summed E-state index contributed by atoms with van der Waals surface area (Å²) in [5.74, 6) is -3.65. The van der Waals surface area contributed by atoms with Gasteiger partial charge in [0.05, 0.1) is 0 Å². The first kappa shape index (κ1) is 12.5. The SMILES string of the molecule is CCC1COB(c2cc(F)c(F)c(F)c2)OC1. The van der Waals surface area contributed by atoms with E-state index in [0.717, 1.165) is 18.6 Å². The van der Waals surface area contributed by atoms with Crippen LogP contribution >= 0.6 is 0 Å². The van der Waals surface area contributed by atoms with Gasteiger partial charge < -0.3 is 9.31 Å². The highest BCUT2D eigenvalue weighted by Crippen LogP contribution is 2.14. The molecule has 0 spiro atoms. The minimum atomic E-state index is -1.48. The zero-order chi connectivity index (χ0) is 12.4. The van der Waals surface area contributed by atoms with Crippen LogP contribution in [0.3, 0.4) is 0 Å². The topological polar surface area (TPSA) is 18.5 Å². The van der Waals surface area contributed by atoms with Gasteiger partial charge in [0.15, 0.2) is 17.5 Å². The zero-order valence-electron chi connectivity index (χ0n) is 9.38. The van der Waals surface area contributed by atoms with Crippen LogP contribution in [0.5, 0.6) is 0 Å². The third-order valence-corrected chi connectivity index (χ3v) is 2.82. The van der Waals surface area contributed by atoms with Crippen LogP contribution in [-0.4, -0.2) is 20.3 Å². The first-order chi connectivity index (χ1) is 8.11. The molecular weight excluding hydrogens is 232 g/mol. The van der Waals surface area contributed by atoms with Crippen LogP contribution < -0.4 is 5.46 Å². The fourth-order valence-electron chi connectivity index (χ4n) is 1.68. The molecule has 92 valence electrons. The van der Waals surface area contributed by atoms with Gasteiger partial charge in [-0.15, -0.1) is 0 Å². The van der Waals surface area contributed by atoms with Crippen LogP contribution in [0.25, 0.3) is 0 Å². The van der Waals surface area contributed by atoms with Crippen molar-refractivity contribution < 1.29 is 22.5 Å². The van der Waals surface area contributed by atoms with E-state index in [0.29, 0.717) is 19.1 Å². The van der Waals surface area contributed by atoms with E-state index < -0.39 is 24.6 Å². The van der Waals surface area contributed by atoms with Gasteiger partial charge in [-0.3, -0.25) is 0 Å². The van der Waals surface area contributed by atoms with E-state index in [2.05, 4.69) is 0 Å². The molecule has 17 heavy (non-hydrogen) atoms. The zero-order valence-corrected chi connectivity index (χ0v) is 9.38. The predicted molar refractivity (Wildman–Crippen MR) is 57.4 cm³/mol. The summed E-state index contributed by atoms with van der Waals surface area (Å²) in [4.78, 5) is 0. The second kappa shape index (κ2) is 5.10. The summed E-state index contributed by atoms with van der Waals surface area (Å²) in [5.41, 5.74) is 0.163. The molecule has 0 radical (unpaired) electrons. The Bertz CT molecular complexity index is 383. The smallest absolute Gasteiger partial charge is 0.407 e. The molecule has 0 aliphatic carbocycles. The monoisotopic (exact) mass is 244 g/mol. The van der Waals surface area contributed by atoms with Gasteiger partial charge in [-0.1, -0.05) is 6.92 Å². The average molecular weight is 244 g/mol. The quantitative estimate of drug-likeness (QED) is 0.584. The fraction of sp³-hybridized carbons (Fsp3) is 0.455. The minimum absolute atomic E-state index is 0.163. The van der Waals surface area contributed by atoms with Gasteiger partial charge in [0.2, 0.25) is 0 Å². The number of hydrogen-bond donors (Lipinski definition) is 0. The van der Waals surface area contributed by atoms with Crippen LogP contribution in [0.4, 0.5) is 13.2 Å². The normalized spacial score (nSPS) is 17.5. The first-order valence-electron chi connectivity index (χ1n) is 5.49. The summed E-state index contributed by atoms with van der Waals surface area (Å²) in [7, 11) is -0.817. The van der Waals surface area contributed by atoms with Crippen LogP contribution in [0.15, 0.2) is 12.1 Å². The van der Waals surface area contributed by atoms with Gasteiger partial charge >= 0.3 is 7.12 Å². The largest absolute Gasteiger partial charge is 0.494 e. The van der Waals surface area contributed by atoms with Gasteiger partial charge in [0.1, 0.15) is 0 Å². The molecular formula is C11H12BF3O2. The van der Waals surface area contributed by atoms with Gasteiger partial charge in [-0.25, -0.2) is 13.2 Å². The summed E-state index contributed by atoms with van der Waals surface area (Å²) in [6, 6.07) is 1.80. The predicted octanol–water partition coefficient (Wildman–Crippen LogP) is 1.87. The van der Waals surface area contributed by atoms with Crippen molar-refractivity contribution in [2.24, 2.45) is 5.92 Å². The van der Waals surface area contributed by atoms with E-state index in [9.17, 15) is 13.2 Å². The van der Waals surface area contributed by atoms with Crippen LogP contribution in [-0.2, 0) is 9.31 Å². The van der Waals surface area contributed by atoms with Gasteiger partial charge in [0.25, 0.3) is 0 Å². The Balaban J connectivity index is 2.13. The Morgan fingerprint density at radius 1 is 1.18 bits per heavy atom. The molecule has 2 rings (SSSR count). The molecule has 1 saturated heterocycles. The third-order valence-electron chi connectivity index (χ3n) is 2.82. The van der Waals surface area contributed by atoms with Crippen molar-refractivity contribution in [1.82, 2.24) is 0 Å². The Hall–Kier alpha value is -1.01. The standard InChI is InChI=1S/C11H12BF3O2/c1-2-7-5-16-12(17-6-7)8-3-9(13)11(15)10(14)4-8/h3-4,7H,2,5-6H2,1H3. The maximum atomic E-state index is 13.0. The van der Waals surface area contributed by atoms with E-state index in [4.69, 9.17) is 9.31 Å². The van der Waals surface area contributed by atoms with Crippen LogP contribution in [0.1, 0.15) is 13.3 Å². The molecule has 1 aromatic rings. The highest BCUT2D eigenvalue weighted by Gasteiger charge is 2.30. The average Bonchev–Trinajstić information content (AvgIpc) is 2.35. The molecule has 1 heterocycles. The third kappa shape index (κ3) is 2.64. The van der Waals surface area contributed by atoms with E-state index in [-0.39, 0.29) is 5.46 Å². The molecule has 1 fully saturated rings. The Labute approximate surface area is 97.9 Å². The van der Waals surface area contributed by atoms with E-state index in [1.807, 2.05) is 6.92 Å². The minimum Gasteiger partial charge on any atom is -0.407 e. The Morgan fingerprint density at radius 3 is 2.18 bits per heavy atom. The molecule has 0 bridgehead atoms. The van der Waals surface area contributed by atoms with E-state index in [1.54, 1.807) is 0 Å². The number of benzene rings is 1. The van der Waals surface area contributed by atoms with Gasteiger partial charge in [0, 0.05) is 19.1 Å².